The Bertz CT molecular complexity index is 950. The molecule has 0 aromatic heterocycles. The molecule has 2 aromatic rings. The van der Waals surface area contributed by atoms with Gasteiger partial charge in [0.05, 0.1) is 21.3 Å². The predicted octanol–water partition coefficient (Wildman–Crippen LogP) is 3.57. The average molecular weight is 461 g/mol. The predicted molar refractivity (Wildman–Crippen MR) is 122 cm³/mol. The zero-order valence-corrected chi connectivity index (χ0v) is 18.9. The highest BCUT2D eigenvalue weighted by Crippen LogP contribution is 2.39. The van der Waals surface area contributed by atoms with Gasteiger partial charge in [-0.3, -0.25) is 14.8 Å². The number of rotatable bonds is 12. The molecule has 0 saturated carbocycles. The molecule has 0 atom stereocenters. The van der Waals surface area contributed by atoms with Crippen LogP contribution in [0.2, 0.25) is 0 Å². The van der Waals surface area contributed by atoms with E-state index in [4.69, 9.17) is 19.4 Å². The van der Waals surface area contributed by atoms with Crippen LogP contribution in [-0.2, 0) is 9.59 Å². The third kappa shape index (κ3) is 7.50. The van der Waals surface area contributed by atoms with Gasteiger partial charge in [0, 0.05) is 18.5 Å². The summed E-state index contributed by atoms with van der Waals surface area (Å²) in [6.07, 6.45) is 3.83. The first-order chi connectivity index (χ1) is 15.9. The summed E-state index contributed by atoms with van der Waals surface area (Å²) in [5, 5.41) is 11.4. The molecule has 0 fully saturated rings. The molecule has 0 saturated heterocycles. The van der Waals surface area contributed by atoms with Crippen molar-refractivity contribution in [3.63, 3.8) is 0 Å². The summed E-state index contributed by atoms with van der Waals surface area (Å²) in [4.78, 5) is 24.0. The lowest BCUT2D eigenvalue weighted by Crippen LogP contribution is -2.25. The summed E-state index contributed by atoms with van der Waals surface area (Å²) in [7, 11) is 4.51. The zero-order chi connectivity index (χ0) is 24.2. The number of hydroxylamine groups is 1. The van der Waals surface area contributed by atoms with Gasteiger partial charge in [-0.15, -0.1) is 0 Å². The normalized spacial score (nSPS) is 11.0. The van der Waals surface area contributed by atoms with Gasteiger partial charge in [-0.25, -0.2) is 9.87 Å². The van der Waals surface area contributed by atoms with Crippen molar-refractivity contribution in [3.05, 3.63) is 53.3 Å². The first-order valence-corrected chi connectivity index (χ1v) is 10.4. The number of carbonyl (C=O) groups is 2. The number of ether oxygens (including phenoxy) is 3. The molecule has 0 unspecified atom stereocenters. The highest BCUT2D eigenvalue weighted by atomic mass is 19.1. The maximum Gasteiger partial charge on any atom is 0.251 e. The molecule has 178 valence electrons. The average Bonchev–Trinajstić information content (AvgIpc) is 2.84. The molecule has 33 heavy (non-hydrogen) atoms. The monoisotopic (exact) mass is 460 g/mol. The van der Waals surface area contributed by atoms with Crippen LogP contribution >= 0.6 is 0 Å². The molecule has 2 amide bonds. The van der Waals surface area contributed by atoms with Crippen LogP contribution in [0.25, 0.3) is 11.6 Å². The highest BCUT2D eigenvalue weighted by molar-refractivity contribution is 6.24. The van der Waals surface area contributed by atoms with Gasteiger partial charge in [0.15, 0.2) is 11.5 Å². The lowest BCUT2D eigenvalue weighted by atomic mass is 10.0. The first-order valence-electron chi connectivity index (χ1n) is 10.4. The van der Waals surface area contributed by atoms with E-state index in [0.29, 0.717) is 59.8 Å². The van der Waals surface area contributed by atoms with Crippen molar-refractivity contribution in [2.24, 2.45) is 0 Å². The Morgan fingerprint density at radius 1 is 0.970 bits per heavy atom. The van der Waals surface area contributed by atoms with Gasteiger partial charge in [0.2, 0.25) is 11.7 Å². The van der Waals surface area contributed by atoms with E-state index < -0.39 is 11.7 Å². The Labute approximate surface area is 192 Å². The largest absolute Gasteiger partial charge is 0.493 e. The second-order valence-corrected chi connectivity index (χ2v) is 7.13. The van der Waals surface area contributed by atoms with Gasteiger partial charge in [0.1, 0.15) is 5.82 Å². The van der Waals surface area contributed by atoms with Crippen molar-refractivity contribution in [1.29, 1.82) is 0 Å². The minimum atomic E-state index is -0.439. The maximum absolute atomic E-state index is 13.5. The molecule has 8 nitrogen and oxygen atoms in total. The second kappa shape index (κ2) is 13.1. The molecular weight excluding hydrogens is 431 g/mol. The fourth-order valence-electron chi connectivity index (χ4n) is 3.20. The van der Waals surface area contributed by atoms with E-state index in [1.165, 1.54) is 45.6 Å². The summed E-state index contributed by atoms with van der Waals surface area (Å²) in [5.41, 5.74) is 3.10. The van der Waals surface area contributed by atoms with Crippen LogP contribution in [0, 0.1) is 5.82 Å². The van der Waals surface area contributed by atoms with Gasteiger partial charge in [-0.05, 0) is 54.3 Å². The van der Waals surface area contributed by atoms with Crippen molar-refractivity contribution in [1.82, 2.24) is 10.8 Å². The third-order valence-electron chi connectivity index (χ3n) is 4.89. The molecule has 0 radical (unpaired) electrons. The molecule has 3 N–H and O–H groups in total. The zero-order valence-electron chi connectivity index (χ0n) is 18.9. The number of halogens is 1. The summed E-state index contributed by atoms with van der Waals surface area (Å²) in [6.45, 7) is 0.396. The lowest BCUT2D eigenvalue weighted by Gasteiger charge is -2.14. The standard InChI is InChI=1S/C24H29FN2O6/c1-31-20-14-16(15-21(32-2)23(20)33-3)13-19(17-8-10-18(25)11-9-17)24(29)26-12-6-4-5-7-22(28)27-30/h8-11,13-15,30H,4-7,12H2,1-3H3,(H,26,29)(H,27,28)/b19-13+. The molecule has 2 rings (SSSR count). The van der Waals surface area contributed by atoms with Gasteiger partial charge in [-0.1, -0.05) is 18.6 Å². The first kappa shape index (κ1) is 25.7. The minimum Gasteiger partial charge on any atom is -0.493 e. The molecule has 2 aromatic carbocycles. The number of hydrogen-bond donors (Lipinski definition) is 3. The smallest absolute Gasteiger partial charge is 0.251 e. The summed E-state index contributed by atoms with van der Waals surface area (Å²) < 4.78 is 29.6. The van der Waals surface area contributed by atoms with Crippen molar-refractivity contribution >= 4 is 23.5 Å². The van der Waals surface area contributed by atoms with Crippen LogP contribution in [0.3, 0.4) is 0 Å². The number of nitrogens with one attached hydrogen (secondary N) is 2. The Morgan fingerprint density at radius 2 is 1.61 bits per heavy atom. The van der Waals surface area contributed by atoms with Crippen molar-refractivity contribution in [3.8, 4) is 17.2 Å². The number of benzene rings is 2. The van der Waals surface area contributed by atoms with Crippen LogP contribution in [0.4, 0.5) is 4.39 Å². The Balaban J connectivity index is 2.24. The quantitative estimate of drug-likeness (QED) is 0.147. The van der Waals surface area contributed by atoms with E-state index in [1.807, 2.05) is 0 Å². The number of unbranched alkanes of at least 4 members (excludes halogenated alkanes) is 2. The Hall–Kier alpha value is -3.59. The topological polar surface area (TPSA) is 106 Å². The van der Waals surface area contributed by atoms with Crippen molar-refractivity contribution < 1.29 is 33.4 Å². The fourth-order valence-corrected chi connectivity index (χ4v) is 3.20. The van der Waals surface area contributed by atoms with Crippen LogP contribution < -0.4 is 25.0 Å². The molecule has 0 aliphatic heterocycles. The van der Waals surface area contributed by atoms with E-state index in [1.54, 1.807) is 23.7 Å². The van der Waals surface area contributed by atoms with Gasteiger partial charge in [0.25, 0.3) is 5.91 Å². The number of hydrogen-bond acceptors (Lipinski definition) is 6. The molecule has 0 spiro atoms. The number of methoxy groups -OCH3 is 3. The molecule has 0 aliphatic rings. The van der Waals surface area contributed by atoms with Gasteiger partial charge in [-0.2, -0.15) is 0 Å². The molecule has 0 aliphatic carbocycles. The third-order valence-corrected chi connectivity index (χ3v) is 4.89. The van der Waals surface area contributed by atoms with Gasteiger partial charge >= 0.3 is 0 Å². The van der Waals surface area contributed by atoms with Crippen LogP contribution in [-0.4, -0.2) is 44.9 Å². The van der Waals surface area contributed by atoms with Crippen LogP contribution in [0.1, 0.15) is 36.8 Å². The molecule has 0 heterocycles. The summed E-state index contributed by atoms with van der Waals surface area (Å²) in [5.74, 6) is 0.134. The second-order valence-electron chi connectivity index (χ2n) is 7.13. The number of amides is 2. The van der Waals surface area contributed by atoms with Crippen LogP contribution in [0.5, 0.6) is 17.2 Å². The Morgan fingerprint density at radius 3 is 2.15 bits per heavy atom. The summed E-state index contributed by atoms with van der Waals surface area (Å²) in [6, 6.07) is 9.07. The SMILES string of the molecule is COc1cc(/C=C(/C(=O)NCCCCCC(=O)NO)c2ccc(F)cc2)cc(OC)c1OC. The minimum absolute atomic E-state index is 0.215. The van der Waals surface area contributed by atoms with E-state index >= 15 is 0 Å². The summed E-state index contributed by atoms with van der Waals surface area (Å²) >= 11 is 0. The number of carbonyl (C=O) groups excluding carboxylic acids is 2. The highest BCUT2D eigenvalue weighted by Gasteiger charge is 2.16. The fraction of sp³-hybridized carbons (Fsp3) is 0.333. The van der Waals surface area contributed by atoms with E-state index in [9.17, 15) is 14.0 Å². The lowest BCUT2D eigenvalue weighted by molar-refractivity contribution is -0.129. The Kier molecular flexibility index (Phi) is 10.2. The van der Waals surface area contributed by atoms with E-state index in [2.05, 4.69) is 5.32 Å². The maximum atomic E-state index is 13.5. The van der Waals surface area contributed by atoms with Gasteiger partial charge < -0.3 is 19.5 Å². The van der Waals surface area contributed by atoms with E-state index in [0.717, 1.165) is 0 Å². The van der Waals surface area contributed by atoms with E-state index in [-0.39, 0.29) is 12.3 Å². The molecular formula is C24H29FN2O6. The van der Waals surface area contributed by atoms with Crippen molar-refractivity contribution in [2.45, 2.75) is 25.7 Å². The van der Waals surface area contributed by atoms with Crippen molar-refractivity contribution in [2.75, 3.05) is 27.9 Å². The molecule has 0 bridgehead atoms. The molecule has 9 heteroatoms. The van der Waals surface area contributed by atoms with Crippen LogP contribution in [0.15, 0.2) is 36.4 Å².